The van der Waals surface area contributed by atoms with Crippen LogP contribution in [0.2, 0.25) is 0 Å². The van der Waals surface area contributed by atoms with E-state index in [0.717, 1.165) is 41.3 Å². The third kappa shape index (κ3) is 5.24. The van der Waals surface area contributed by atoms with Crippen molar-refractivity contribution in [3.8, 4) is 17.0 Å². The Labute approximate surface area is 282 Å². The Balaban J connectivity index is 1.55. The predicted octanol–water partition coefficient (Wildman–Crippen LogP) is 12.4. The van der Waals surface area contributed by atoms with Crippen molar-refractivity contribution >= 4 is 27.2 Å². The van der Waals surface area contributed by atoms with E-state index in [4.69, 9.17) is 0 Å². The van der Waals surface area contributed by atoms with Crippen LogP contribution < -0.4 is 0 Å². The van der Waals surface area contributed by atoms with Gasteiger partial charge in [-0.2, -0.15) is 13.2 Å². The Morgan fingerprint density at radius 1 is 0.898 bits per heavy atom. The number of aromatic hydroxyl groups is 1. The minimum Gasteiger partial charge on any atom is -0.493 e. The SMILES string of the molecule is CC1(C)CC=CC2=C1CC(c1cc3ccccc3nc1O)c1c2ccc2cc(C3CCCC3)c(C(F)C(F)(F)F)c(-c3ccc(F)cc3)c12. The average Bonchev–Trinajstić information content (AvgIpc) is 3.61. The molecule has 0 aliphatic heterocycles. The van der Waals surface area contributed by atoms with Crippen molar-refractivity contribution < 1.29 is 27.1 Å². The van der Waals surface area contributed by atoms with Crippen LogP contribution in [0, 0.1) is 11.2 Å². The van der Waals surface area contributed by atoms with Crippen LogP contribution in [0.1, 0.15) is 98.2 Å². The van der Waals surface area contributed by atoms with Crippen molar-refractivity contribution in [2.45, 2.75) is 76.6 Å². The first-order valence-corrected chi connectivity index (χ1v) is 17.0. The molecule has 5 aromatic rings. The van der Waals surface area contributed by atoms with Gasteiger partial charge < -0.3 is 5.11 Å². The first-order chi connectivity index (χ1) is 23.4. The summed E-state index contributed by atoms with van der Waals surface area (Å²) in [6.45, 7) is 4.36. The Morgan fingerprint density at radius 2 is 1.61 bits per heavy atom. The molecular weight excluding hydrogens is 629 g/mol. The lowest BCUT2D eigenvalue weighted by atomic mass is 9.64. The van der Waals surface area contributed by atoms with E-state index in [1.807, 2.05) is 42.5 Å². The number of fused-ring (bicyclic) bond motifs is 5. The van der Waals surface area contributed by atoms with Crippen LogP contribution >= 0.6 is 0 Å². The van der Waals surface area contributed by atoms with Crippen molar-refractivity contribution in [1.29, 1.82) is 0 Å². The van der Waals surface area contributed by atoms with E-state index >= 15 is 4.39 Å². The first kappa shape index (κ1) is 31.7. The molecule has 2 nitrogen and oxygen atoms in total. The summed E-state index contributed by atoms with van der Waals surface area (Å²) in [6, 6.07) is 20.5. The van der Waals surface area contributed by atoms with Crippen molar-refractivity contribution in [3.63, 3.8) is 0 Å². The van der Waals surface area contributed by atoms with Gasteiger partial charge in [0.05, 0.1) is 5.52 Å². The quantitative estimate of drug-likeness (QED) is 0.194. The summed E-state index contributed by atoms with van der Waals surface area (Å²) in [5, 5.41) is 13.6. The summed E-state index contributed by atoms with van der Waals surface area (Å²) in [5.74, 6) is -1.42. The van der Waals surface area contributed by atoms with Gasteiger partial charge in [0.15, 0.2) is 0 Å². The second kappa shape index (κ2) is 11.5. The second-order valence-corrected chi connectivity index (χ2v) is 14.5. The van der Waals surface area contributed by atoms with Gasteiger partial charge in [-0.15, -0.1) is 0 Å². The van der Waals surface area contributed by atoms with Crippen LogP contribution in [0.25, 0.3) is 38.4 Å². The Kier molecular flexibility index (Phi) is 7.47. The molecule has 7 heteroatoms. The van der Waals surface area contributed by atoms with Crippen LogP contribution in [0.15, 0.2) is 90.5 Å². The van der Waals surface area contributed by atoms with Gasteiger partial charge in [-0.25, -0.2) is 13.8 Å². The number of halogens is 5. The predicted molar refractivity (Wildman–Crippen MR) is 185 cm³/mol. The van der Waals surface area contributed by atoms with E-state index in [-0.39, 0.29) is 28.3 Å². The number of nitrogens with zero attached hydrogens (tertiary/aromatic N) is 1. The zero-order valence-electron chi connectivity index (χ0n) is 27.3. The van der Waals surface area contributed by atoms with Gasteiger partial charge in [0.1, 0.15) is 5.82 Å². The fourth-order valence-corrected chi connectivity index (χ4v) is 8.73. The zero-order chi connectivity index (χ0) is 34.2. The third-order valence-corrected chi connectivity index (χ3v) is 11.1. The molecule has 1 heterocycles. The van der Waals surface area contributed by atoms with E-state index in [9.17, 15) is 22.7 Å². The molecule has 0 spiro atoms. The van der Waals surface area contributed by atoms with Crippen molar-refractivity contribution in [2.24, 2.45) is 5.41 Å². The largest absolute Gasteiger partial charge is 0.493 e. The number of alkyl halides is 4. The molecule has 2 atom stereocenters. The van der Waals surface area contributed by atoms with Crippen LogP contribution in [-0.4, -0.2) is 16.3 Å². The topological polar surface area (TPSA) is 33.1 Å². The van der Waals surface area contributed by atoms with E-state index in [0.29, 0.717) is 52.2 Å². The van der Waals surface area contributed by atoms with Crippen LogP contribution in [-0.2, 0) is 0 Å². The maximum atomic E-state index is 16.3. The lowest BCUT2D eigenvalue weighted by Gasteiger charge is -2.40. The van der Waals surface area contributed by atoms with E-state index in [1.54, 1.807) is 6.07 Å². The number of pyridine rings is 1. The molecule has 0 saturated heterocycles. The highest BCUT2D eigenvalue weighted by atomic mass is 19.4. The van der Waals surface area contributed by atoms with E-state index in [2.05, 4.69) is 31.0 Å². The summed E-state index contributed by atoms with van der Waals surface area (Å²) in [5.41, 5.74) is 5.15. The van der Waals surface area contributed by atoms with Gasteiger partial charge in [0, 0.05) is 22.4 Å². The molecule has 3 aliphatic rings. The molecule has 0 radical (unpaired) electrons. The van der Waals surface area contributed by atoms with Gasteiger partial charge in [0.25, 0.3) is 0 Å². The summed E-state index contributed by atoms with van der Waals surface area (Å²) < 4.78 is 74.6. The third-order valence-electron chi connectivity index (χ3n) is 11.1. The lowest BCUT2D eigenvalue weighted by Crippen LogP contribution is -2.25. The Bertz CT molecular complexity index is 2190. The molecule has 250 valence electrons. The molecule has 0 amide bonds. The number of hydrogen-bond acceptors (Lipinski definition) is 2. The molecule has 8 rings (SSSR count). The normalized spacial score (nSPS) is 19.8. The molecular formula is C42H36F5NO. The Hall–Kier alpha value is -4.52. The van der Waals surface area contributed by atoms with Gasteiger partial charge in [0.2, 0.25) is 12.1 Å². The number of hydrogen-bond donors (Lipinski definition) is 1. The molecule has 1 aromatic heterocycles. The maximum Gasteiger partial charge on any atom is 0.423 e. The smallest absolute Gasteiger partial charge is 0.423 e. The highest BCUT2D eigenvalue weighted by Gasteiger charge is 2.46. The molecule has 2 unspecified atom stereocenters. The van der Waals surface area contributed by atoms with Crippen molar-refractivity contribution in [3.05, 3.63) is 124 Å². The average molecular weight is 666 g/mol. The molecule has 1 saturated carbocycles. The number of rotatable bonds is 4. The Morgan fingerprint density at radius 3 is 2.35 bits per heavy atom. The number of allylic oxidation sites excluding steroid dienone is 4. The van der Waals surface area contributed by atoms with Crippen molar-refractivity contribution in [1.82, 2.24) is 4.98 Å². The van der Waals surface area contributed by atoms with Crippen LogP contribution in [0.4, 0.5) is 22.0 Å². The molecule has 4 aromatic carbocycles. The summed E-state index contributed by atoms with van der Waals surface area (Å²) >= 11 is 0. The van der Waals surface area contributed by atoms with E-state index < -0.39 is 24.1 Å². The highest BCUT2D eigenvalue weighted by molar-refractivity contribution is 6.06. The molecule has 1 N–H and O–H groups in total. The fourth-order valence-electron chi connectivity index (χ4n) is 8.73. The maximum absolute atomic E-state index is 16.3. The van der Waals surface area contributed by atoms with Crippen LogP contribution in [0.5, 0.6) is 5.88 Å². The van der Waals surface area contributed by atoms with E-state index in [1.165, 1.54) is 29.8 Å². The highest BCUT2D eigenvalue weighted by Crippen LogP contribution is 2.57. The lowest BCUT2D eigenvalue weighted by molar-refractivity contribution is -0.182. The van der Waals surface area contributed by atoms with Gasteiger partial charge in [-0.05, 0) is 105 Å². The van der Waals surface area contributed by atoms with Gasteiger partial charge in [-0.3, -0.25) is 0 Å². The number of benzene rings is 4. The summed E-state index contributed by atoms with van der Waals surface area (Å²) in [4.78, 5) is 4.55. The number of para-hydroxylation sites is 1. The summed E-state index contributed by atoms with van der Waals surface area (Å²) in [7, 11) is 0. The first-order valence-electron chi connectivity index (χ1n) is 17.0. The monoisotopic (exact) mass is 665 g/mol. The molecule has 49 heavy (non-hydrogen) atoms. The van der Waals surface area contributed by atoms with Crippen molar-refractivity contribution in [2.75, 3.05) is 0 Å². The molecule has 0 bridgehead atoms. The molecule has 1 fully saturated rings. The zero-order valence-corrected chi connectivity index (χ0v) is 27.3. The fraction of sp³-hybridized carbons (Fsp3) is 0.310. The number of aromatic nitrogens is 1. The van der Waals surface area contributed by atoms with Gasteiger partial charge >= 0.3 is 6.18 Å². The van der Waals surface area contributed by atoms with Crippen LogP contribution in [0.3, 0.4) is 0 Å². The van der Waals surface area contributed by atoms with Gasteiger partial charge in [-0.1, -0.05) is 92.9 Å². The summed E-state index contributed by atoms with van der Waals surface area (Å²) in [6.07, 6.45) is 0.172. The second-order valence-electron chi connectivity index (χ2n) is 14.5. The molecule has 3 aliphatic carbocycles. The standard InChI is InChI=1S/C42H36F5NO/c1-41(2)19-7-11-28-29-18-15-26-21-30(23-8-3-4-9-23)38(39(44)42(45,46)47)35(24-13-16-27(43)17-14-24)36(26)37(29)31(22-33(28)41)32-20-25-10-5-6-12-34(25)48-40(32)49/h5-7,10-18,20-21,23,31,39H,3-4,8-9,19,22H2,1-2H3,(H,48,49). The minimum absolute atomic E-state index is 0.141. The minimum atomic E-state index is -5.16.